The van der Waals surface area contributed by atoms with E-state index in [0.717, 1.165) is 0 Å². The molecule has 0 aliphatic carbocycles. The van der Waals surface area contributed by atoms with Crippen molar-refractivity contribution in [3.63, 3.8) is 0 Å². The standard InChI is InChI=1S/C23H23F2N3O4/c1-14(29)26-12-18-13-28(23(31)32-18)16-3-4-19(20(24)11-16)15-2-5-22(21(25)10-15)27-8-6-17(30)7-9-27/h2-5,10-11,18H,6-9,12-13H2,1H3,(H,26,29). The average Bonchev–Trinajstić information content (AvgIpc) is 3.13. The second-order valence-electron chi connectivity index (χ2n) is 7.91. The quantitative estimate of drug-likeness (QED) is 0.768. The fourth-order valence-electron chi connectivity index (χ4n) is 3.93. The van der Waals surface area contributed by atoms with E-state index in [1.807, 2.05) is 4.90 Å². The molecular weight excluding hydrogens is 420 g/mol. The number of nitrogens with zero attached hydrogens (tertiary/aromatic N) is 2. The highest BCUT2D eigenvalue weighted by Crippen LogP contribution is 2.32. The van der Waals surface area contributed by atoms with Crippen molar-refractivity contribution in [1.82, 2.24) is 5.32 Å². The lowest BCUT2D eigenvalue weighted by Gasteiger charge is -2.28. The highest BCUT2D eigenvalue weighted by atomic mass is 19.1. The van der Waals surface area contributed by atoms with E-state index >= 15 is 0 Å². The first-order valence-electron chi connectivity index (χ1n) is 10.4. The molecule has 2 fully saturated rings. The third-order valence-electron chi connectivity index (χ3n) is 5.64. The van der Waals surface area contributed by atoms with E-state index in [2.05, 4.69) is 5.32 Å². The number of carbonyl (C=O) groups excluding carboxylic acids is 3. The summed E-state index contributed by atoms with van der Waals surface area (Å²) in [6, 6.07) is 8.78. The Morgan fingerprint density at radius 2 is 1.84 bits per heavy atom. The van der Waals surface area contributed by atoms with Gasteiger partial charge in [-0.1, -0.05) is 6.07 Å². The van der Waals surface area contributed by atoms with Gasteiger partial charge >= 0.3 is 6.09 Å². The number of hydrogen-bond acceptors (Lipinski definition) is 5. The highest BCUT2D eigenvalue weighted by Gasteiger charge is 2.32. The van der Waals surface area contributed by atoms with Crippen LogP contribution in [-0.2, 0) is 14.3 Å². The van der Waals surface area contributed by atoms with Gasteiger partial charge in [-0.15, -0.1) is 0 Å². The number of halogens is 2. The molecule has 9 heteroatoms. The van der Waals surface area contributed by atoms with Gasteiger partial charge in [-0.3, -0.25) is 14.5 Å². The molecule has 2 aromatic carbocycles. The zero-order chi connectivity index (χ0) is 22.8. The van der Waals surface area contributed by atoms with Crippen molar-refractivity contribution >= 4 is 29.2 Å². The molecule has 1 N–H and O–H groups in total. The summed E-state index contributed by atoms with van der Waals surface area (Å²) in [6.45, 7) is 2.65. The van der Waals surface area contributed by atoms with E-state index in [0.29, 0.717) is 42.9 Å². The Bertz CT molecular complexity index is 1070. The van der Waals surface area contributed by atoms with Crippen LogP contribution in [0.3, 0.4) is 0 Å². The Hall–Kier alpha value is -3.49. The Morgan fingerprint density at radius 3 is 2.50 bits per heavy atom. The molecule has 2 aromatic rings. The Kier molecular flexibility index (Phi) is 6.07. The number of ketones is 1. The van der Waals surface area contributed by atoms with Gasteiger partial charge in [0.25, 0.3) is 0 Å². The number of rotatable bonds is 5. The van der Waals surface area contributed by atoms with E-state index in [1.165, 1.54) is 30.0 Å². The average molecular weight is 443 g/mol. The van der Waals surface area contributed by atoms with Crippen LogP contribution in [0.5, 0.6) is 0 Å². The van der Waals surface area contributed by atoms with Gasteiger partial charge < -0.3 is 15.0 Å². The number of ether oxygens (including phenoxy) is 1. The van der Waals surface area contributed by atoms with Crippen LogP contribution in [0.15, 0.2) is 36.4 Å². The highest BCUT2D eigenvalue weighted by molar-refractivity contribution is 5.90. The number of amides is 2. The molecular formula is C23H23F2N3O4. The summed E-state index contributed by atoms with van der Waals surface area (Å²) in [7, 11) is 0. The van der Waals surface area contributed by atoms with Crippen LogP contribution >= 0.6 is 0 Å². The van der Waals surface area contributed by atoms with Gasteiger partial charge in [-0.2, -0.15) is 0 Å². The summed E-state index contributed by atoms with van der Waals surface area (Å²) < 4.78 is 34.8. The van der Waals surface area contributed by atoms with Crippen molar-refractivity contribution in [1.29, 1.82) is 0 Å². The van der Waals surface area contributed by atoms with E-state index in [-0.39, 0.29) is 30.3 Å². The van der Waals surface area contributed by atoms with Crippen LogP contribution in [-0.4, -0.2) is 50.1 Å². The summed E-state index contributed by atoms with van der Waals surface area (Å²) in [5.41, 5.74) is 1.28. The molecule has 2 aliphatic heterocycles. The third kappa shape index (κ3) is 4.56. The lowest BCUT2D eigenvalue weighted by atomic mass is 10.0. The molecule has 1 unspecified atom stereocenters. The van der Waals surface area contributed by atoms with E-state index in [1.54, 1.807) is 18.2 Å². The van der Waals surface area contributed by atoms with Crippen LogP contribution in [0.4, 0.5) is 25.0 Å². The molecule has 2 aliphatic rings. The minimum atomic E-state index is -0.622. The molecule has 0 saturated carbocycles. The zero-order valence-electron chi connectivity index (χ0n) is 17.6. The molecule has 2 amide bonds. The molecule has 32 heavy (non-hydrogen) atoms. The number of benzene rings is 2. The molecule has 0 aromatic heterocycles. The number of piperidine rings is 1. The van der Waals surface area contributed by atoms with Crippen molar-refractivity contribution in [2.45, 2.75) is 25.9 Å². The van der Waals surface area contributed by atoms with Crippen LogP contribution in [0, 0.1) is 11.6 Å². The lowest BCUT2D eigenvalue weighted by Crippen LogP contribution is -2.34. The summed E-state index contributed by atoms with van der Waals surface area (Å²) in [4.78, 5) is 37.7. The number of Topliss-reactive ketones (excluding diaryl/α,β-unsaturated/α-hetero) is 1. The Balaban J connectivity index is 1.50. The largest absolute Gasteiger partial charge is 0.442 e. The maximum atomic E-state index is 14.9. The van der Waals surface area contributed by atoms with Gasteiger partial charge in [0.1, 0.15) is 23.5 Å². The molecule has 1 atom stereocenters. The molecule has 4 rings (SSSR count). The normalized spacial score (nSPS) is 18.7. The molecule has 2 saturated heterocycles. The van der Waals surface area contributed by atoms with Crippen molar-refractivity contribution in [2.75, 3.05) is 36.0 Å². The van der Waals surface area contributed by atoms with E-state index in [9.17, 15) is 23.2 Å². The van der Waals surface area contributed by atoms with Gasteiger partial charge in [0.2, 0.25) is 5.91 Å². The van der Waals surface area contributed by atoms with Gasteiger partial charge in [0, 0.05) is 38.4 Å². The van der Waals surface area contributed by atoms with Crippen LogP contribution in [0.2, 0.25) is 0 Å². The third-order valence-corrected chi connectivity index (χ3v) is 5.64. The molecule has 0 radical (unpaired) electrons. The first kappa shape index (κ1) is 21.7. The SMILES string of the molecule is CC(=O)NCC1CN(c2ccc(-c3ccc(N4CCC(=O)CC4)c(F)c3)c(F)c2)C(=O)O1. The van der Waals surface area contributed by atoms with Crippen molar-refractivity contribution in [3.8, 4) is 11.1 Å². The number of hydrogen-bond donors (Lipinski definition) is 1. The molecule has 0 spiro atoms. The van der Waals surface area contributed by atoms with Crippen LogP contribution in [0.1, 0.15) is 19.8 Å². The predicted molar refractivity (Wildman–Crippen MR) is 115 cm³/mol. The Morgan fingerprint density at radius 1 is 1.09 bits per heavy atom. The minimum Gasteiger partial charge on any atom is -0.442 e. The van der Waals surface area contributed by atoms with Crippen LogP contribution < -0.4 is 15.1 Å². The van der Waals surface area contributed by atoms with Gasteiger partial charge in [0.05, 0.1) is 24.5 Å². The van der Waals surface area contributed by atoms with Crippen molar-refractivity contribution < 1.29 is 27.9 Å². The Labute approximate surface area is 183 Å². The monoisotopic (exact) mass is 443 g/mol. The number of cyclic esters (lactones) is 1. The van der Waals surface area contributed by atoms with E-state index in [4.69, 9.17) is 4.74 Å². The zero-order valence-corrected chi connectivity index (χ0v) is 17.6. The summed E-state index contributed by atoms with van der Waals surface area (Å²) in [5, 5.41) is 2.59. The van der Waals surface area contributed by atoms with Gasteiger partial charge in [-0.05, 0) is 35.9 Å². The van der Waals surface area contributed by atoms with Gasteiger partial charge in [-0.25, -0.2) is 13.6 Å². The van der Waals surface area contributed by atoms with Crippen molar-refractivity contribution in [2.24, 2.45) is 0 Å². The smallest absolute Gasteiger partial charge is 0.414 e. The first-order chi connectivity index (χ1) is 15.3. The second-order valence-corrected chi connectivity index (χ2v) is 7.91. The molecule has 0 bridgehead atoms. The molecule has 168 valence electrons. The van der Waals surface area contributed by atoms with E-state index < -0.39 is 23.8 Å². The first-order valence-corrected chi connectivity index (χ1v) is 10.4. The molecule has 2 heterocycles. The number of nitrogens with one attached hydrogen (secondary N) is 1. The minimum absolute atomic E-state index is 0.170. The topological polar surface area (TPSA) is 79.0 Å². The lowest BCUT2D eigenvalue weighted by molar-refractivity contribution is -0.120. The van der Waals surface area contributed by atoms with Gasteiger partial charge in [0.15, 0.2) is 0 Å². The maximum absolute atomic E-state index is 14.9. The van der Waals surface area contributed by atoms with Crippen molar-refractivity contribution in [3.05, 3.63) is 48.0 Å². The summed E-state index contributed by atoms with van der Waals surface area (Å²) in [5.74, 6) is -1.15. The maximum Gasteiger partial charge on any atom is 0.414 e. The molecule has 7 nitrogen and oxygen atoms in total. The van der Waals surface area contributed by atoms with Crippen LogP contribution in [0.25, 0.3) is 11.1 Å². The second kappa shape index (κ2) is 8.94. The fraction of sp³-hybridized carbons (Fsp3) is 0.348. The number of anilines is 2. The fourth-order valence-corrected chi connectivity index (χ4v) is 3.93. The number of carbonyl (C=O) groups is 3. The summed E-state index contributed by atoms with van der Waals surface area (Å²) >= 11 is 0. The summed E-state index contributed by atoms with van der Waals surface area (Å²) in [6.07, 6.45) is -0.368. The predicted octanol–water partition coefficient (Wildman–Crippen LogP) is 3.26.